The Balaban J connectivity index is 2.32. The van der Waals surface area contributed by atoms with E-state index in [-0.39, 0.29) is 13.4 Å². The van der Waals surface area contributed by atoms with E-state index in [2.05, 4.69) is 13.8 Å². The van der Waals surface area contributed by atoms with Crippen molar-refractivity contribution in [1.82, 2.24) is 0 Å². The Morgan fingerprint density at radius 3 is 2.62 bits per heavy atom. The fourth-order valence-corrected chi connectivity index (χ4v) is 1.67. The molecule has 16 heavy (non-hydrogen) atoms. The number of ether oxygens (including phenoxy) is 3. The van der Waals surface area contributed by atoms with Crippen LogP contribution in [0.15, 0.2) is 12.1 Å². The molecule has 0 saturated carbocycles. The molecule has 1 aromatic rings. The monoisotopic (exact) mass is 224 g/mol. The maximum Gasteiger partial charge on any atom is 0.231 e. The third kappa shape index (κ3) is 2.07. The first kappa shape index (κ1) is 11.1. The molecule has 1 aliphatic heterocycles. The SMILES string of the molecule is CC(C)c1cc2c(cc1OCCO)OCO2. The van der Waals surface area contributed by atoms with Crippen molar-refractivity contribution in [2.24, 2.45) is 0 Å². The van der Waals surface area contributed by atoms with Gasteiger partial charge in [-0.3, -0.25) is 0 Å². The van der Waals surface area contributed by atoms with Gasteiger partial charge in [0.2, 0.25) is 6.79 Å². The summed E-state index contributed by atoms with van der Waals surface area (Å²) in [5.74, 6) is 2.56. The zero-order chi connectivity index (χ0) is 11.5. The first-order valence-electron chi connectivity index (χ1n) is 5.39. The maximum absolute atomic E-state index is 8.77. The van der Waals surface area contributed by atoms with Crippen molar-refractivity contribution < 1.29 is 19.3 Å². The van der Waals surface area contributed by atoms with Crippen LogP contribution in [0.3, 0.4) is 0 Å². The van der Waals surface area contributed by atoms with Crippen molar-refractivity contribution in [1.29, 1.82) is 0 Å². The molecule has 1 aliphatic rings. The highest BCUT2D eigenvalue weighted by atomic mass is 16.7. The highest BCUT2D eigenvalue weighted by Gasteiger charge is 2.19. The lowest BCUT2D eigenvalue weighted by Gasteiger charge is -2.14. The van der Waals surface area contributed by atoms with Crippen molar-refractivity contribution in [3.8, 4) is 17.2 Å². The zero-order valence-electron chi connectivity index (χ0n) is 9.53. The molecule has 88 valence electrons. The number of aliphatic hydroxyl groups excluding tert-OH is 1. The van der Waals surface area contributed by atoms with E-state index in [1.54, 1.807) is 0 Å². The normalized spacial score (nSPS) is 13.2. The molecule has 0 atom stereocenters. The van der Waals surface area contributed by atoms with Gasteiger partial charge in [-0.05, 0) is 12.0 Å². The Bertz CT molecular complexity index is 374. The van der Waals surface area contributed by atoms with E-state index in [4.69, 9.17) is 19.3 Å². The molecule has 0 aromatic heterocycles. The summed E-state index contributed by atoms with van der Waals surface area (Å²) < 4.78 is 16.1. The predicted molar refractivity (Wildman–Crippen MR) is 59.2 cm³/mol. The Morgan fingerprint density at radius 1 is 1.31 bits per heavy atom. The van der Waals surface area contributed by atoms with Gasteiger partial charge in [-0.1, -0.05) is 13.8 Å². The minimum absolute atomic E-state index is 0.00593. The molecule has 4 heteroatoms. The number of rotatable bonds is 4. The second-order valence-corrected chi connectivity index (χ2v) is 3.97. The van der Waals surface area contributed by atoms with Crippen LogP contribution in [0.4, 0.5) is 0 Å². The molecule has 0 fully saturated rings. The second kappa shape index (κ2) is 4.61. The van der Waals surface area contributed by atoms with Crippen LogP contribution >= 0.6 is 0 Å². The highest BCUT2D eigenvalue weighted by Crippen LogP contribution is 2.40. The minimum Gasteiger partial charge on any atom is -0.491 e. The Labute approximate surface area is 94.8 Å². The Morgan fingerprint density at radius 2 is 2.00 bits per heavy atom. The van der Waals surface area contributed by atoms with E-state index in [0.29, 0.717) is 18.3 Å². The molecule has 2 rings (SSSR count). The van der Waals surface area contributed by atoms with E-state index in [9.17, 15) is 0 Å². The number of fused-ring (bicyclic) bond motifs is 1. The van der Waals surface area contributed by atoms with Crippen LogP contribution in [-0.4, -0.2) is 25.1 Å². The molecule has 4 nitrogen and oxygen atoms in total. The van der Waals surface area contributed by atoms with E-state index >= 15 is 0 Å². The molecular weight excluding hydrogens is 208 g/mol. The average molecular weight is 224 g/mol. The summed E-state index contributed by atoms with van der Waals surface area (Å²) in [6.45, 7) is 4.73. The minimum atomic E-state index is 0.00593. The van der Waals surface area contributed by atoms with Gasteiger partial charge in [0, 0.05) is 11.6 Å². The summed E-state index contributed by atoms with van der Waals surface area (Å²) in [7, 11) is 0. The van der Waals surface area contributed by atoms with E-state index in [0.717, 1.165) is 17.1 Å². The van der Waals surface area contributed by atoms with Gasteiger partial charge in [-0.2, -0.15) is 0 Å². The van der Waals surface area contributed by atoms with Crippen LogP contribution < -0.4 is 14.2 Å². The predicted octanol–water partition coefficient (Wildman–Crippen LogP) is 1.91. The van der Waals surface area contributed by atoms with Crippen molar-refractivity contribution in [2.75, 3.05) is 20.0 Å². The fourth-order valence-electron chi connectivity index (χ4n) is 1.67. The van der Waals surface area contributed by atoms with Crippen LogP contribution in [0.25, 0.3) is 0 Å². The van der Waals surface area contributed by atoms with Crippen LogP contribution in [0.2, 0.25) is 0 Å². The third-order valence-electron chi connectivity index (χ3n) is 2.48. The van der Waals surface area contributed by atoms with Gasteiger partial charge in [-0.25, -0.2) is 0 Å². The quantitative estimate of drug-likeness (QED) is 0.848. The molecular formula is C12H16O4. The molecule has 0 spiro atoms. The lowest BCUT2D eigenvalue weighted by Crippen LogP contribution is -2.04. The van der Waals surface area contributed by atoms with Crippen LogP contribution in [0, 0.1) is 0 Å². The average Bonchev–Trinajstić information content (AvgIpc) is 2.71. The Kier molecular flexibility index (Phi) is 3.19. The molecule has 1 aromatic carbocycles. The molecule has 0 bridgehead atoms. The van der Waals surface area contributed by atoms with Gasteiger partial charge in [-0.15, -0.1) is 0 Å². The van der Waals surface area contributed by atoms with Crippen molar-refractivity contribution in [2.45, 2.75) is 19.8 Å². The third-order valence-corrected chi connectivity index (χ3v) is 2.48. The molecule has 0 amide bonds. The van der Waals surface area contributed by atoms with E-state index < -0.39 is 0 Å². The number of hydrogen-bond acceptors (Lipinski definition) is 4. The van der Waals surface area contributed by atoms with Crippen LogP contribution in [0.5, 0.6) is 17.2 Å². The maximum atomic E-state index is 8.77. The van der Waals surface area contributed by atoms with Gasteiger partial charge in [0.15, 0.2) is 11.5 Å². The molecule has 0 unspecified atom stereocenters. The summed E-state index contributed by atoms with van der Waals surface area (Å²) in [5, 5.41) is 8.77. The van der Waals surface area contributed by atoms with Gasteiger partial charge in [0.05, 0.1) is 6.61 Å². The van der Waals surface area contributed by atoms with Crippen molar-refractivity contribution in [3.05, 3.63) is 17.7 Å². The smallest absolute Gasteiger partial charge is 0.231 e. The summed E-state index contributed by atoms with van der Waals surface area (Å²) in [6.07, 6.45) is 0. The topological polar surface area (TPSA) is 47.9 Å². The zero-order valence-corrected chi connectivity index (χ0v) is 9.53. The largest absolute Gasteiger partial charge is 0.491 e. The summed E-state index contributed by atoms with van der Waals surface area (Å²) >= 11 is 0. The molecule has 0 radical (unpaired) electrons. The first-order valence-corrected chi connectivity index (χ1v) is 5.39. The summed E-state index contributed by atoms with van der Waals surface area (Å²) in [5.41, 5.74) is 1.07. The Hall–Kier alpha value is -1.42. The van der Waals surface area contributed by atoms with Crippen LogP contribution in [0.1, 0.15) is 25.3 Å². The highest BCUT2D eigenvalue weighted by molar-refractivity contribution is 5.52. The lowest BCUT2D eigenvalue weighted by atomic mass is 10.0. The number of aliphatic hydroxyl groups is 1. The molecule has 1 N–H and O–H groups in total. The van der Waals surface area contributed by atoms with E-state index in [1.165, 1.54) is 0 Å². The van der Waals surface area contributed by atoms with Gasteiger partial charge < -0.3 is 19.3 Å². The second-order valence-electron chi connectivity index (χ2n) is 3.97. The van der Waals surface area contributed by atoms with Gasteiger partial charge in [0.25, 0.3) is 0 Å². The number of hydrogen-bond donors (Lipinski definition) is 1. The number of benzene rings is 1. The fraction of sp³-hybridized carbons (Fsp3) is 0.500. The first-order chi connectivity index (χ1) is 7.72. The van der Waals surface area contributed by atoms with Crippen LogP contribution in [-0.2, 0) is 0 Å². The summed E-state index contributed by atoms with van der Waals surface area (Å²) in [6, 6.07) is 3.77. The molecule has 0 aliphatic carbocycles. The molecule has 0 saturated heterocycles. The lowest BCUT2D eigenvalue weighted by molar-refractivity contribution is 0.173. The van der Waals surface area contributed by atoms with Gasteiger partial charge >= 0.3 is 0 Å². The van der Waals surface area contributed by atoms with Crippen molar-refractivity contribution in [3.63, 3.8) is 0 Å². The summed E-state index contributed by atoms with van der Waals surface area (Å²) in [4.78, 5) is 0. The molecule has 1 heterocycles. The van der Waals surface area contributed by atoms with Gasteiger partial charge in [0.1, 0.15) is 12.4 Å². The van der Waals surface area contributed by atoms with Crippen molar-refractivity contribution >= 4 is 0 Å². The van der Waals surface area contributed by atoms with E-state index in [1.807, 2.05) is 12.1 Å². The standard InChI is InChI=1S/C12H16O4/c1-8(2)9-5-11-12(16-7-15-11)6-10(9)14-4-3-13/h5-6,8,13H,3-4,7H2,1-2H3.